The number of hydrogen-bond donors (Lipinski definition) is 3. The number of nitrogens with zero attached hydrogens (tertiary/aromatic N) is 1. The standard InChI is InChI=1S/C13H20N4O2/c1-2-16-13(18)12-8-19-6-5-17(12)9-3-4-10(14)11(15)7-9/h3-4,7,12H,2,5-6,8,14-15H2,1H3,(H,16,18). The van der Waals surface area contributed by atoms with Crippen molar-refractivity contribution in [1.29, 1.82) is 0 Å². The van der Waals surface area contributed by atoms with E-state index in [0.717, 1.165) is 5.69 Å². The van der Waals surface area contributed by atoms with Crippen molar-refractivity contribution < 1.29 is 9.53 Å². The summed E-state index contributed by atoms with van der Waals surface area (Å²) in [4.78, 5) is 14.0. The van der Waals surface area contributed by atoms with Gasteiger partial charge in [-0.15, -0.1) is 0 Å². The highest BCUT2D eigenvalue weighted by molar-refractivity contribution is 5.86. The fourth-order valence-electron chi connectivity index (χ4n) is 2.16. The van der Waals surface area contributed by atoms with E-state index in [2.05, 4.69) is 5.32 Å². The molecule has 104 valence electrons. The van der Waals surface area contributed by atoms with Crippen LogP contribution >= 0.6 is 0 Å². The van der Waals surface area contributed by atoms with Crippen molar-refractivity contribution in [2.75, 3.05) is 42.7 Å². The zero-order valence-corrected chi connectivity index (χ0v) is 11.1. The second-order valence-corrected chi connectivity index (χ2v) is 4.49. The Bertz CT molecular complexity index is 464. The molecule has 1 unspecified atom stereocenters. The number of nitrogens with one attached hydrogen (secondary N) is 1. The zero-order chi connectivity index (χ0) is 13.8. The van der Waals surface area contributed by atoms with E-state index in [1.165, 1.54) is 0 Å². The van der Waals surface area contributed by atoms with Crippen LogP contribution in [0, 0.1) is 0 Å². The van der Waals surface area contributed by atoms with Gasteiger partial charge < -0.3 is 26.4 Å². The van der Waals surface area contributed by atoms with Crippen LogP contribution in [0.25, 0.3) is 0 Å². The molecule has 1 aromatic carbocycles. The van der Waals surface area contributed by atoms with Crippen LogP contribution in [-0.4, -0.2) is 38.3 Å². The van der Waals surface area contributed by atoms with Crippen molar-refractivity contribution in [3.8, 4) is 0 Å². The predicted octanol–water partition coefficient (Wildman–Crippen LogP) is 0.192. The summed E-state index contributed by atoms with van der Waals surface area (Å²) in [6.07, 6.45) is 0. The van der Waals surface area contributed by atoms with Crippen molar-refractivity contribution in [1.82, 2.24) is 5.32 Å². The number of anilines is 3. The van der Waals surface area contributed by atoms with Crippen LogP contribution in [0.5, 0.6) is 0 Å². The number of likely N-dealkylation sites (N-methyl/N-ethyl adjacent to an activating group) is 1. The minimum Gasteiger partial charge on any atom is -0.397 e. The first-order chi connectivity index (χ1) is 9.13. The van der Waals surface area contributed by atoms with E-state index in [0.29, 0.717) is 37.7 Å². The summed E-state index contributed by atoms with van der Waals surface area (Å²) >= 11 is 0. The van der Waals surface area contributed by atoms with Gasteiger partial charge in [0, 0.05) is 18.8 Å². The maximum absolute atomic E-state index is 12.0. The van der Waals surface area contributed by atoms with Gasteiger partial charge in [0.15, 0.2) is 0 Å². The highest BCUT2D eigenvalue weighted by atomic mass is 16.5. The Labute approximate surface area is 112 Å². The number of hydrogen-bond acceptors (Lipinski definition) is 5. The number of carbonyl (C=O) groups is 1. The van der Waals surface area contributed by atoms with Gasteiger partial charge in [-0.1, -0.05) is 0 Å². The number of ether oxygens (including phenoxy) is 1. The molecule has 0 bridgehead atoms. The van der Waals surface area contributed by atoms with Crippen molar-refractivity contribution in [2.24, 2.45) is 0 Å². The van der Waals surface area contributed by atoms with Crippen LogP contribution < -0.4 is 21.7 Å². The molecule has 0 aliphatic carbocycles. The average Bonchev–Trinajstić information content (AvgIpc) is 2.42. The van der Waals surface area contributed by atoms with E-state index in [-0.39, 0.29) is 11.9 Å². The number of benzene rings is 1. The van der Waals surface area contributed by atoms with Crippen LogP contribution in [0.15, 0.2) is 18.2 Å². The van der Waals surface area contributed by atoms with E-state index in [9.17, 15) is 4.79 Å². The Kier molecular flexibility index (Phi) is 4.11. The van der Waals surface area contributed by atoms with E-state index in [1.807, 2.05) is 17.9 Å². The zero-order valence-electron chi connectivity index (χ0n) is 11.1. The maximum atomic E-state index is 12.0. The molecule has 5 N–H and O–H groups in total. The van der Waals surface area contributed by atoms with Crippen LogP contribution in [0.3, 0.4) is 0 Å². The van der Waals surface area contributed by atoms with Gasteiger partial charge in [-0.3, -0.25) is 4.79 Å². The fraction of sp³-hybridized carbons (Fsp3) is 0.462. The largest absolute Gasteiger partial charge is 0.397 e. The third-order valence-electron chi connectivity index (χ3n) is 3.18. The second kappa shape index (κ2) is 5.79. The lowest BCUT2D eigenvalue weighted by atomic mass is 10.1. The molecule has 1 atom stereocenters. The summed E-state index contributed by atoms with van der Waals surface area (Å²) in [5.74, 6) is -0.0300. The number of nitrogens with two attached hydrogens (primary N) is 2. The van der Waals surface area contributed by atoms with Crippen LogP contribution in [-0.2, 0) is 9.53 Å². The predicted molar refractivity (Wildman–Crippen MR) is 75.9 cm³/mol. The summed E-state index contributed by atoms with van der Waals surface area (Å²) < 4.78 is 5.40. The molecule has 6 nitrogen and oxygen atoms in total. The van der Waals surface area contributed by atoms with Gasteiger partial charge in [0.2, 0.25) is 5.91 Å². The Morgan fingerprint density at radius 3 is 2.95 bits per heavy atom. The third-order valence-corrected chi connectivity index (χ3v) is 3.18. The Morgan fingerprint density at radius 2 is 2.26 bits per heavy atom. The first-order valence-corrected chi connectivity index (χ1v) is 6.40. The number of rotatable bonds is 3. The SMILES string of the molecule is CCNC(=O)C1COCCN1c1ccc(N)c(N)c1. The topological polar surface area (TPSA) is 93.6 Å². The van der Waals surface area contributed by atoms with Crippen LogP contribution in [0.2, 0.25) is 0 Å². The Morgan fingerprint density at radius 1 is 1.47 bits per heavy atom. The molecule has 1 heterocycles. The minimum absolute atomic E-state index is 0.0300. The molecular weight excluding hydrogens is 244 g/mol. The van der Waals surface area contributed by atoms with E-state index >= 15 is 0 Å². The molecular formula is C13H20N4O2. The molecule has 1 aromatic rings. The molecule has 1 aliphatic rings. The first-order valence-electron chi connectivity index (χ1n) is 6.40. The molecule has 6 heteroatoms. The van der Waals surface area contributed by atoms with Crippen LogP contribution in [0.1, 0.15) is 6.92 Å². The van der Waals surface area contributed by atoms with E-state index in [4.69, 9.17) is 16.2 Å². The summed E-state index contributed by atoms with van der Waals surface area (Å²) in [6, 6.07) is 5.11. The molecule has 19 heavy (non-hydrogen) atoms. The molecule has 0 saturated carbocycles. The Hall–Kier alpha value is -1.95. The van der Waals surface area contributed by atoms with E-state index < -0.39 is 0 Å². The van der Waals surface area contributed by atoms with Gasteiger partial charge in [-0.25, -0.2) is 0 Å². The first kappa shape index (κ1) is 13.5. The van der Waals surface area contributed by atoms with Crippen molar-refractivity contribution in [3.05, 3.63) is 18.2 Å². The highest BCUT2D eigenvalue weighted by Gasteiger charge is 2.29. The number of nitrogen functional groups attached to an aromatic ring is 2. The second-order valence-electron chi connectivity index (χ2n) is 4.49. The van der Waals surface area contributed by atoms with Gasteiger partial charge in [0.25, 0.3) is 0 Å². The quantitative estimate of drug-likeness (QED) is 0.678. The van der Waals surface area contributed by atoms with Gasteiger partial charge in [0.1, 0.15) is 6.04 Å². The lowest BCUT2D eigenvalue weighted by molar-refractivity contribution is -0.124. The fourth-order valence-corrected chi connectivity index (χ4v) is 2.16. The smallest absolute Gasteiger partial charge is 0.245 e. The molecule has 1 amide bonds. The van der Waals surface area contributed by atoms with Gasteiger partial charge >= 0.3 is 0 Å². The molecule has 1 saturated heterocycles. The third kappa shape index (κ3) is 2.90. The highest BCUT2D eigenvalue weighted by Crippen LogP contribution is 2.25. The van der Waals surface area contributed by atoms with Gasteiger partial charge in [0.05, 0.1) is 24.6 Å². The monoisotopic (exact) mass is 264 g/mol. The summed E-state index contributed by atoms with van der Waals surface area (Å²) in [7, 11) is 0. The Balaban J connectivity index is 2.23. The molecule has 0 radical (unpaired) electrons. The maximum Gasteiger partial charge on any atom is 0.245 e. The lowest BCUT2D eigenvalue weighted by Gasteiger charge is -2.36. The van der Waals surface area contributed by atoms with Crippen molar-refractivity contribution in [2.45, 2.75) is 13.0 Å². The molecule has 0 spiro atoms. The summed E-state index contributed by atoms with van der Waals surface area (Å²) in [5, 5.41) is 2.82. The number of carbonyl (C=O) groups excluding carboxylic acids is 1. The summed E-state index contributed by atoms with van der Waals surface area (Å²) in [5.41, 5.74) is 13.5. The minimum atomic E-state index is -0.322. The number of morpholine rings is 1. The summed E-state index contributed by atoms with van der Waals surface area (Å²) in [6.45, 7) is 4.14. The average molecular weight is 264 g/mol. The normalized spacial score (nSPS) is 19.2. The molecule has 1 aliphatic heterocycles. The molecule has 2 rings (SSSR count). The van der Waals surface area contributed by atoms with Gasteiger partial charge in [-0.05, 0) is 25.1 Å². The molecule has 1 fully saturated rings. The van der Waals surface area contributed by atoms with Gasteiger partial charge in [-0.2, -0.15) is 0 Å². The van der Waals surface area contributed by atoms with Crippen LogP contribution in [0.4, 0.5) is 17.1 Å². The molecule has 0 aromatic heterocycles. The number of amides is 1. The lowest BCUT2D eigenvalue weighted by Crippen LogP contribution is -2.54. The van der Waals surface area contributed by atoms with E-state index in [1.54, 1.807) is 12.1 Å². The van der Waals surface area contributed by atoms with Crippen molar-refractivity contribution in [3.63, 3.8) is 0 Å². The van der Waals surface area contributed by atoms with Crippen molar-refractivity contribution >= 4 is 23.0 Å².